The average Bonchev–Trinajstić information content (AvgIpc) is 1.57. The second kappa shape index (κ2) is 19.1. The molecule has 0 aliphatic heterocycles. The van der Waals surface area contributed by atoms with Crippen molar-refractivity contribution in [2.24, 2.45) is 0 Å². The molecular formula is C80H44N4OS2. The maximum absolute atomic E-state index is 12.7. The number of hydrogen-bond donors (Lipinski definition) is 0. The van der Waals surface area contributed by atoms with Crippen LogP contribution >= 0.6 is 22.7 Å². The van der Waals surface area contributed by atoms with E-state index in [0.717, 1.165) is 136 Å². The summed E-state index contributed by atoms with van der Waals surface area (Å²) in [5.41, 5.74) is 17.0. The van der Waals surface area contributed by atoms with Gasteiger partial charge >= 0.3 is 0 Å². The lowest BCUT2D eigenvalue weighted by Gasteiger charge is -2.26. The van der Waals surface area contributed by atoms with Crippen LogP contribution in [0, 0.1) is 17.9 Å². The van der Waals surface area contributed by atoms with Gasteiger partial charge in [-0.3, -0.25) is 0 Å². The number of para-hydroxylation sites is 3. The second-order valence-corrected chi connectivity index (χ2v) is 24.4. The van der Waals surface area contributed by atoms with Gasteiger partial charge in [0.1, 0.15) is 17.2 Å². The fraction of sp³-hybridized carbons (Fsp3) is 0. The fourth-order valence-corrected chi connectivity index (χ4v) is 16.6. The SMILES string of the molecule is [C-]#[N+]c1c(-c2ccccc2)c(C#N)c(-n2c3c4sc5ccccc5c4cc(-c4ccccc4)c3c3c(-c4ccccc4)cc4c5ccccc5sc4c32)c(-c2ccccc2)c1-n1c2ccccc2c2ccc(-c3cccc4c3oc3ccccc34)cc21. The van der Waals surface area contributed by atoms with Crippen LogP contribution in [0.15, 0.2) is 271 Å². The van der Waals surface area contributed by atoms with Crippen LogP contribution in [-0.2, 0) is 0 Å². The summed E-state index contributed by atoms with van der Waals surface area (Å²) < 4.78 is 16.1. The molecule has 402 valence electrons. The highest BCUT2D eigenvalue weighted by molar-refractivity contribution is 7.27. The van der Waals surface area contributed by atoms with E-state index >= 15 is 0 Å². The number of benzene rings is 13. The smallest absolute Gasteiger partial charge is 0.220 e. The molecule has 0 atom stereocenters. The van der Waals surface area contributed by atoms with Crippen LogP contribution in [0.3, 0.4) is 0 Å². The van der Waals surface area contributed by atoms with Crippen LogP contribution in [0.25, 0.3) is 178 Å². The second-order valence-electron chi connectivity index (χ2n) is 22.3. The van der Waals surface area contributed by atoms with Crippen molar-refractivity contribution < 1.29 is 4.42 Å². The highest BCUT2D eigenvalue weighted by Gasteiger charge is 2.35. The fourth-order valence-electron chi connectivity index (χ4n) is 14.1. The van der Waals surface area contributed by atoms with E-state index in [4.69, 9.17) is 9.26 Å². The van der Waals surface area contributed by atoms with Crippen LogP contribution in [0.5, 0.6) is 0 Å². The molecule has 0 aliphatic rings. The van der Waals surface area contributed by atoms with E-state index in [1.54, 1.807) is 22.7 Å². The van der Waals surface area contributed by atoms with E-state index in [1.165, 1.54) is 20.2 Å². The van der Waals surface area contributed by atoms with Gasteiger partial charge in [-0.15, -0.1) is 22.7 Å². The van der Waals surface area contributed by atoms with Crippen molar-refractivity contribution in [2.75, 3.05) is 0 Å². The highest BCUT2D eigenvalue weighted by atomic mass is 32.1. The molecule has 13 aromatic carbocycles. The lowest BCUT2D eigenvalue weighted by molar-refractivity contribution is 0.670. The molecule has 0 saturated heterocycles. The first-order chi connectivity index (χ1) is 43.1. The summed E-state index contributed by atoms with van der Waals surface area (Å²) in [4.78, 5) is 4.73. The monoisotopic (exact) mass is 1140 g/mol. The van der Waals surface area contributed by atoms with Gasteiger partial charge in [0.05, 0.1) is 55.0 Å². The van der Waals surface area contributed by atoms with E-state index in [2.05, 4.69) is 246 Å². The minimum Gasteiger partial charge on any atom is -0.455 e. The Hall–Kier alpha value is -11.3. The summed E-state index contributed by atoms with van der Waals surface area (Å²) in [5, 5.41) is 23.7. The van der Waals surface area contributed by atoms with Crippen molar-refractivity contribution >= 4 is 134 Å². The van der Waals surface area contributed by atoms with Crippen LogP contribution < -0.4 is 0 Å². The topological polar surface area (TPSA) is 51.1 Å². The predicted molar refractivity (Wildman–Crippen MR) is 366 cm³/mol. The van der Waals surface area contributed by atoms with E-state index in [1.807, 2.05) is 36.4 Å². The van der Waals surface area contributed by atoms with Gasteiger partial charge in [-0.25, -0.2) is 4.85 Å². The molecule has 0 bridgehead atoms. The van der Waals surface area contributed by atoms with E-state index in [9.17, 15) is 11.8 Å². The molecular weight excluding hydrogens is 1100 g/mol. The normalized spacial score (nSPS) is 11.9. The van der Waals surface area contributed by atoms with Crippen LogP contribution in [0.1, 0.15) is 5.56 Å². The van der Waals surface area contributed by atoms with E-state index in [-0.39, 0.29) is 0 Å². The van der Waals surface area contributed by atoms with Crippen molar-refractivity contribution in [2.45, 2.75) is 0 Å². The summed E-state index contributed by atoms with van der Waals surface area (Å²) in [6.07, 6.45) is 0. The molecule has 0 amide bonds. The standard InChI is InChI=1S/C80H44N4OS2/c1-82-73-69(49-27-10-4-11-28-49)63(46-81)74(70(50-29-12-5-13-30-50)75(73)83-64-37-18-14-31-53(64)54-42-41-51(43-65(54)83)52-35-22-36-58-55-32-15-19-38-66(55)85-78(52)58)84-76-71(59(47-23-6-2-7-24-47)44-61-56-33-16-20-39-67(56)86-79(61)76)72-60(48-25-8-3-9-26-48)45-62-57-34-17-21-40-68(57)87-80(62)77(72)84/h2-45H. The molecule has 5 heterocycles. The number of thiophene rings is 2. The zero-order valence-corrected chi connectivity index (χ0v) is 48.1. The minimum absolute atomic E-state index is 0.377. The third kappa shape index (κ3) is 7.10. The average molecular weight is 1140 g/mol. The molecule has 5 aromatic heterocycles. The molecule has 87 heavy (non-hydrogen) atoms. The number of fused-ring (bicyclic) bond motifs is 17. The zero-order valence-electron chi connectivity index (χ0n) is 46.4. The van der Waals surface area contributed by atoms with Gasteiger partial charge in [0.15, 0.2) is 0 Å². The Morgan fingerprint density at radius 1 is 0.379 bits per heavy atom. The Morgan fingerprint density at radius 2 is 0.874 bits per heavy atom. The van der Waals surface area contributed by atoms with E-state index in [0.29, 0.717) is 28.2 Å². The largest absolute Gasteiger partial charge is 0.455 e. The number of nitriles is 1. The molecule has 18 rings (SSSR count). The minimum atomic E-state index is 0.377. The zero-order chi connectivity index (χ0) is 57.4. The molecule has 0 fully saturated rings. The van der Waals surface area contributed by atoms with Gasteiger partial charge in [0, 0.05) is 80.0 Å². The Morgan fingerprint density at radius 3 is 1.46 bits per heavy atom. The van der Waals surface area contributed by atoms with Crippen molar-refractivity contribution in [3.05, 3.63) is 284 Å². The Kier molecular flexibility index (Phi) is 10.8. The molecule has 7 heteroatoms. The number of nitrogens with zero attached hydrogens (tertiary/aromatic N) is 4. The summed E-state index contributed by atoms with van der Waals surface area (Å²) in [6.45, 7) is 9.72. The molecule has 0 aliphatic carbocycles. The van der Waals surface area contributed by atoms with Crippen molar-refractivity contribution in [1.82, 2.24) is 9.13 Å². The van der Waals surface area contributed by atoms with Crippen molar-refractivity contribution in [3.63, 3.8) is 0 Å². The predicted octanol–water partition coefficient (Wildman–Crippen LogP) is 23.3. The van der Waals surface area contributed by atoms with Crippen LogP contribution in [0.4, 0.5) is 5.69 Å². The van der Waals surface area contributed by atoms with E-state index < -0.39 is 0 Å². The van der Waals surface area contributed by atoms with Crippen LogP contribution in [0.2, 0.25) is 0 Å². The van der Waals surface area contributed by atoms with Gasteiger partial charge < -0.3 is 13.6 Å². The molecule has 0 unspecified atom stereocenters. The van der Waals surface area contributed by atoms with Gasteiger partial charge in [0.25, 0.3) is 0 Å². The van der Waals surface area contributed by atoms with Crippen LogP contribution in [-0.4, -0.2) is 9.13 Å². The molecule has 0 radical (unpaired) electrons. The number of hydrogen-bond acceptors (Lipinski definition) is 4. The quantitative estimate of drug-likeness (QED) is 0.149. The van der Waals surface area contributed by atoms with Gasteiger partial charge in [-0.05, 0) is 81.4 Å². The lowest BCUT2D eigenvalue weighted by atomic mass is 9.88. The maximum Gasteiger partial charge on any atom is 0.220 e. The first kappa shape index (κ1) is 49.1. The number of aromatic nitrogens is 2. The summed E-state index contributed by atoms with van der Waals surface area (Å²) in [5.74, 6) is 0. The Balaban J connectivity index is 1.13. The summed E-state index contributed by atoms with van der Waals surface area (Å²) in [6, 6.07) is 97.5. The lowest BCUT2D eigenvalue weighted by Crippen LogP contribution is -2.09. The van der Waals surface area contributed by atoms with Gasteiger partial charge in [-0.1, -0.05) is 224 Å². The first-order valence-electron chi connectivity index (χ1n) is 29.1. The Bertz CT molecular complexity index is 5840. The molecule has 0 spiro atoms. The van der Waals surface area contributed by atoms with Gasteiger partial charge in [0.2, 0.25) is 5.69 Å². The van der Waals surface area contributed by atoms with Crippen molar-refractivity contribution in [3.8, 4) is 73.1 Å². The van der Waals surface area contributed by atoms with Crippen molar-refractivity contribution in [1.29, 1.82) is 5.26 Å². The third-order valence-electron chi connectivity index (χ3n) is 17.8. The highest BCUT2D eigenvalue weighted by Crippen LogP contribution is 2.57. The maximum atomic E-state index is 12.7. The molecule has 0 saturated carbocycles. The third-order valence-corrected chi connectivity index (χ3v) is 20.1. The first-order valence-corrected chi connectivity index (χ1v) is 30.7. The molecule has 5 nitrogen and oxygen atoms in total. The number of rotatable bonds is 7. The summed E-state index contributed by atoms with van der Waals surface area (Å²) >= 11 is 3.60. The molecule has 18 aromatic rings. The number of furan rings is 1. The summed E-state index contributed by atoms with van der Waals surface area (Å²) in [7, 11) is 0. The van der Waals surface area contributed by atoms with Gasteiger partial charge in [-0.2, -0.15) is 5.26 Å². The Labute approximate surface area is 506 Å². The molecule has 0 N–H and O–H groups in total.